The maximum atomic E-state index is 11.7. The Balaban J connectivity index is 2.25. The zero-order chi connectivity index (χ0) is 15.0. The SMILES string of the molecule is CC(C)C(CCNC(=O)Cn1cccn1)CCC(=O)O. The van der Waals surface area contributed by atoms with Crippen LogP contribution in [0, 0.1) is 11.8 Å². The summed E-state index contributed by atoms with van der Waals surface area (Å²) in [5, 5.41) is 15.5. The van der Waals surface area contributed by atoms with Crippen LogP contribution in [0.15, 0.2) is 18.5 Å². The Hall–Kier alpha value is -1.85. The van der Waals surface area contributed by atoms with Gasteiger partial charge in [-0.1, -0.05) is 13.8 Å². The maximum Gasteiger partial charge on any atom is 0.303 e. The number of hydrogen-bond acceptors (Lipinski definition) is 3. The number of rotatable bonds is 9. The monoisotopic (exact) mass is 281 g/mol. The van der Waals surface area contributed by atoms with Crippen LogP contribution in [-0.4, -0.2) is 33.3 Å². The first-order valence-electron chi connectivity index (χ1n) is 6.95. The molecule has 0 radical (unpaired) electrons. The number of nitrogens with zero attached hydrogens (tertiary/aromatic N) is 2. The van der Waals surface area contributed by atoms with E-state index in [1.165, 1.54) is 0 Å². The average molecular weight is 281 g/mol. The Morgan fingerprint density at radius 3 is 2.65 bits per heavy atom. The summed E-state index contributed by atoms with van der Waals surface area (Å²) in [7, 11) is 0. The van der Waals surface area contributed by atoms with Gasteiger partial charge in [0.25, 0.3) is 0 Å². The van der Waals surface area contributed by atoms with Gasteiger partial charge in [0.2, 0.25) is 5.91 Å². The molecule has 1 amide bonds. The lowest BCUT2D eigenvalue weighted by molar-refractivity contribution is -0.137. The standard InChI is InChI=1S/C14H23N3O3/c1-11(2)12(4-5-14(19)20)6-8-15-13(18)10-17-9-3-7-16-17/h3,7,9,11-12H,4-6,8,10H2,1-2H3,(H,15,18)(H,19,20). The van der Waals surface area contributed by atoms with E-state index >= 15 is 0 Å². The Kier molecular flexibility index (Phi) is 6.76. The quantitative estimate of drug-likeness (QED) is 0.719. The summed E-state index contributed by atoms with van der Waals surface area (Å²) in [6.07, 6.45) is 5.01. The highest BCUT2D eigenvalue weighted by Crippen LogP contribution is 2.20. The molecular formula is C14H23N3O3. The molecule has 2 N–H and O–H groups in total. The van der Waals surface area contributed by atoms with E-state index < -0.39 is 5.97 Å². The van der Waals surface area contributed by atoms with Crippen LogP contribution in [0.5, 0.6) is 0 Å². The summed E-state index contributed by atoms with van der Waals surface area (Å²) in [5.74, 6) is -0.110. The lowest BCUT2D eigenvalue weighted by Crippen LogP contribution is -2.30. The molecular weight excluding hydrogens is 258 g/mol. The van der Waals surface area contributed by atoms with Crippen LogP contribution in [0.3, 0.4) is 0 Å². The third kappa shape index (κ3) is 6.36. The predicted octanol–water partition coefficient (Wildman–Crippen LogP) is 1.53. The second-order valence-corrected chi connectivity index (χ2v) is 5.28. The van der Waals surface area contributed by atoms with Crippen molar-refractivity contribution in [2.24, 2.45) is 11.8 Å². The molecule has 1 aromatic rings. The minimum absolute atomic E-state index is 0.0746. The lowest BCUT2D eigenvalue weighted by atomic mass is 9.88. The first-order valence-corrected chi connectivity index (χ1v) is 6.95. The minimum atomic E-state index is -0.765. The van der Waals surface area contributed by atoms with E-state index in [1.807, 2.05) is 0 Å². The first kappa shape index (κ1) is 16.2. The van der Waals surface area contributed by atoms with Gasteiger partial charge in [0, 0.05) is 25.4 Å². The van der Waals surface area contributed by atoms with Gasteiger partial charge in [0.15, 0.2) is 0 Å². The highest BCUT2D eigenvalue weighted by Gasteiger charge is 2.15. The number of carboxylic acids is 1. The number of carbonyl (C=O) groups is 2. The van der Waals surface area contributed by atoms with Crippen molar-refractivity contribution in [1.29, 1.82) is 0 Å². The van der Waals surface area contributed by atoms with E-state index in [4.69, 9.17) is 5.11 Å². The van der Waals surface area contributed by atoms with Gasteiger partial charge >= 0.3 is 5.97 Å². The molecule has 1 atom stereocenters. The Labute approximate surface area is 119 Å². The molecule has 6 nitrogen and oxygen atoms in total. The number of nitrogens with one attached hydrogen (secondary N) is 1. The van der Waals surface area contributed by atoms with Gasteiger partial charge in [-0.3, -0.25) is 14.3 Å². The summed E-state index contributed by atoms with van der Waals surface area (Å²) in [6, 6.07) is 1.77. The van der Waals surface area contributed by atoms with E-state index in [9.17, 15) is 9.59 Å². The van der Waals surface area contributed by atoms with Crippen LogP contribution >= 0.6 is 0 Å². The van der Waals surface area contributed by atoms with Crippen molar-refractivity contribution in [3.63, 3.8) is 0 Å². The third-order valence-electron chi connectivity index (χ3n) is 3.37. The molecule has 0 aliphatic heterocycles. The molecule has 0 aromatic carbocycles. The maximum absolute atomic E-state index is 11.7. The molecule has 112 valence electrons. The van der Waals surface area contributed by atoms with E-state index in [2.05, 4.69) is 24.3 Å². The van der Waals surface area contributed by atoms with Crippen molar-refractivity contribution < 1.29 is 14.7 Å². The van der Waals surface area contributed by atoms with Gasteiger partial charge in [-0.25, -0.2) is 0 Å². The van der Waals surface area contributed by atoms with Crippen molar-refractivity contribution in [3.8, 4) is 0 Å². The number of aromatic nitrogens is 2. The van der Waals surface area contributed by atoms with Crippen LogP contribution < -0.4 is 5.32 Å². The molecule has 0 saturated heterocycles. The molecule has 20 heavy (non-hydrogen) atoms. The number of carboxylic acid groups (broad SMARTS) is 1. The van der Waals surface area contributed by atoms with E-state index in [-0.39, 0.29) is 18.9 Å². The molecule has 6 heteroatoms. The molecule has 0 bridgehead atoms. The van der Waals surface area contributed by atoms with Crippen molar-refractivity contribution in [2.75, 3.05) is 6.54 Å². The van der Waals surface area contributed by atoms with Crippen LogP contribution in [-0.2, 0) is 16.1 Å². The summed E-state index contributed by atoms with van der Waals surface area (Å²) in [6.45, 7) is 4.95. The van der Waals surface area contributed by atoms with Gasteiger partial charge in [0.1, 0.15) is 6.54 Å². The summed E-state index contributed by atoms with van der Waals surface area (Å²) >= 11 is 0. The number of carbonyl (C=O) groups excluding carboxylic acids is 1. The largest absolute Gasteiger partial charge is 0.481 e. The molecule has 1 aromatic heterocycles. The highest BCUT2D eigenvalue weighted by molar-refractivity contribution is 5.75. The van der Waals surface area contributed by atoms with Gasteiger partial charge in [0.05, 0.1) is 0 Å². The Bertz CT molecular complexity index is 415. The number of amides is 1. The van der Waals surface area contributed by atoms with Crippen molar-refractivity contribution in [1.82, 2.24) is 15.1 Å². The number of aliphatic carboxylic acids is 1. The smallest absolute Gasteiger partial charge is 0.303 e. The predicted molar refractivity (Wildman–Crippen MR) is 75.1 cm³/mol. The fourth-order valence-electron chi connectivity index (χ4n) is 2.11. The third-order valence-corrected chi connectivity index (χ3v) is 3.37. The van der Waals surface area contributed by atoms with Crippen LogP contribution in [0.1, 0.15) is 33.1 Å². The fourth-order valence-corrected chi connectivity index (χ4v) is 2.11. The Morgan fingerprint density at radius 2 is 2.10 bits per heavy atom. The molecule has 0 aliphatic rings. The van der Waals surface area contributed by atoms with Crippen molar-refractivity contribution in [3.05, 3.63) is 18.5 Å². The topological polar surface area (TPSA) is 84.2 Å². The van der Waals surface area contributed by atoms with Crippen LogP contribution in [0.4, 0.5) is 0 Å². The number of hydrogen-bond donors (Lipinski definition) is 2. The van der Waals surface area contributed by atoms with E-state index in [1.54, 1.807) is 23.1 Å². The molecule has 0 fully saturated rings. The van der Waals surface area contributed by atoms with Crippen LogP contribution in [0.25, 0.3) is 0 Å². The zero-order valence-electron chi connectivity index (χ0n) is 12.1. The van der Waals surface area contributed by atoms with Crippen molar-refractivity contribution in [2.45, 2.75) is 39.7 Å². The van der Waals surface area contributed by atoms with Gasteiger partial charge in [-0.15, -0.1) is 0 Å². The second-order valence-electron chi connectivity index (χ2n) is 5.28. The molecule has 0 aliphatic carbocycles. The van der Waals surface area contributed by atoms with E-state index in [0.29, 0.717) is 24.8 Å². The van der Waals surface area contributed by atoms with Gasteiger partial charge in [-0.2, -0.15) is 5.10 Å². The lowest BCUT2D eigenvalue weighted by Gasteiger charge is -2.20. The summed E-state index contributed by atoms with van der Waals surface area (Å²) < 4.78 is 1.57. The fraction of sp³-hybridized carbons (Fsp3) is 0.643. The Morgan fingerprint density at radius 1 is 1.35 bits per heavy atom. The minimum Gasteiger partial charge on any atom is -0.481 e. The second kappa shape index (κ2) is 8.35. The zero-order valence-corrected chi connectivity index (χ0v) is 12.1. The molecule has 1 heterocycles. The van der Waals surface area contributed by atoms with Gasteiger partial charge in [-0.05, 0) is 30.7 Å². The van der Waals surface area contributed by atoms with Crippen molar-refractivity contribution >= 4 is 11.9 Å². The van der Waals surface area contributed by atoms with Crippen LogP contribution in [0.2, 0.25) is 0 Å². The van der Waals surface area contributed by atoms with Gasteiger partial charge < -0.3 is 10.4 Å². The normalized spacial score (nSPS) is 12.3. The summed E-state index contributed by atoms with van der Waals surface area (Å²) in [4.78, 5) is 22.3. The highest BCUT2D eigenvalue weighted by atomic mass is 16.4. The first-order chi connectivity index (χ1) is 9.49. The molecule has 0 spiro atoms. The average Bonchev–Trinajstić information content (AvgIpc) is 2.85. The summed E-state index contributed by atoms with van der Waals surface area (Å²) in [5.41, 5.74) is 0. The molecule has 1 rings (SSSR count). The molecule has 0 saturated carbocycles. The van der Waals surface area contributed by atoms with E-state index in [0.717, 1.165) is 6.42 Å². The molecule has 1 unspecified atom stereocenters.